The van der Waals surface area contributed by atoms with Crippen LogP contribution in [0.5, 0.6) is 0 Å². The standard InChI is InChI=1S/C23H17BrF2N4O3S/c1-13(16-8-6-15(25)12-18(16)26)29-23(31)17-7-5-14(24)11-21(17)30(34(32)33)20-4-2-3-19-22(20)28-10-9-27-19/h2-13H,1H3,(H,29,31)(H,32,33). The molecule has 0 aliphatic heterocycles. The van der Waals surface area contributed by atoms with Gasteiger partial charge in [-0.15, -0.1) is 0 Å². The SMILES string of the molecule is CC(NC(=O)c1ccc(Br)cc1N(c1cccc2nccnc12)S(=O)O)c1ccc(F)cc1F. The number of halogens is 3. The lowest BCUT2D eigenvalue weighted by molar-refractivity contribution is 0.0940. The lowest BCUT2D eigenvalue weighted by Crippen LogP contribution is -2.30. The van der Waals surface area contributed by atoms with Gasteiger partial charge in [0.15, 0.2) is 0 Å². The average Bonchev–Trinajstić information content (AvgIpc) is 2.79. The Balaban J connectivity index is 1.77. The Bertz CT molecular complexity index is 1420. The number of rotatable bonds is 6. The van der Waals surface area contributed by atoms with Crippen LogP contribution in [0.2, 0.25) is 0 Å². The van der Waals surface area contributed by atoms with Gasteiger partial charge in [-0.2, -0.15) is 0 Å². The summed E-state index contributed by atoms with van der Waals surface area (Å²) in [4.78, 5) is 21.7. The molecular formula is C23H17BrF2N4O3S. The van der Waals surface area contributed by atoms with E-state index in [1.54, 1.807) is 31.2 Å². The van der Waals surface area contributed by atoms with Crippen LogP contribution < -0.4 is 9.62 Å². The number of para-hydroxylation sites is 1. The first-order valence-corrected chi connectivity index (χ1v) is 11.8. The largest absolute Gasteiger partial charge is 0.345 e. The fraction of sp³-hybridized carbons (Fsp3) is 0.0870. The van der Waals surface area contributed by atoms with Crippen molar-refractivity contribution < 1.29 is 22.3 Å². The molecule has 0 saturated carbocycles. The highest BCUT2D eigenvalue weighted by atomic mass is 79.9. The molecule has 2 unspecified atom stereocenters. The van der Waals surface area contributed by atoms with Gasteiger partial charge in [-0.05, 0) is 43.3 Å². The number of nitrogens with zero attached hydrogens (tertiary/aromatic N) is 3. The Hall–Kier alpha value is -3.28. The molecule has 0 saturated heterocycles. The minimum Gasteiger partial charge on any atom is -0.345 e. The molecule has 7 nitrogen and oxygen atoms in total. The van der Waals surface area contributed by atoms with Crippen LogP contribution in [0, 0.1) is 11.6 Å². The molecule has 1 heterocycles. The molecule has 0 bridgehead atoms. The summed E-state index contributed by atoms with van der Waals surface area (Å²) in [6.07, 6.45) is 2.96. The minimum atomic E-state index is -2.59. The number of hydrogen-bond acceptors (Lipinski definition) is 4. The van der Waals surface area contributed by atoms with E-state index < -0.39 is 34.8 Å². The fourth-order valence-corrected chi connectivity index (χ4v) is 4.49. The van der Waals surface area contributed by atoms with E-state index in [1.165, 1.54) is 30.6 Å². The van der Waals surface area contributed by atoms with Crippen LogP contribution in [0.15, 0.2) is 71.5 Å². The van der Waals surface area contributed by atoms with Gasteiger partial charge < -0.3 is 5.32 Å². The van der Waals surface area contributed by atoms with Gasteiger partial charge in [-0.25, -0.2) is 17.3 Å². The molecule has 2 N–H and O–H groups in total. The lowest BCUT2D eigenvalue weighted by atomic mass is 10.1. The van der Waals surface area contributed by atoms with Crippen molar-refractivity contribution in [1.29, 1.82) is 0 Å². The van der Waals surface area contributed by atoms with Crippen molar-refractivity contribution >= 4 is 55.5 Å². The smallest absolute Gasteiger partial charge is 0.266 e. The second-order valence-electron chi connectivity index (χ2n) is 7.25. The molecule has 1 amide bonds. The van der Waals surface area contributed by atoms with Gasteiger partial charge in [0.05, 0.1) is 28.5 Å². The van der Waals surface area contributed by atoms with Gasteiger partial charge >= 0.3 is 0 Å². The summed E-state index contributed by atoms with van der Waals surface area (Å²) in [6.45, 7) is 1.55. The monoisotopic (exact) mass is 546 g/mol. The second kappa shape index (κ2) is 9.92. The fourth-order valence-electron chi connectivity index (χ4n) is 3.51. The number of nitrogens with one attached hydrogen (secondary N) is 1. The second-order valence-corrected chi connectivity index (χ2v) is 8.99. The van der Waals surface area contributed by atoms with Crippen molar-refractivity contribution in [1.82, 2.24) is 15.3 Å². The Labute approximate surface area is 204 Å². The topological polar surface area (TPSA) is 95.4 Å². The third-order valence-corrected chi connectivity index (χ3v) is 6.25. The van der Waals surface area contributed by atoms with E-state index in [1.807, 2.05) is 0 Å². The van der Waals surface area contributed by atoms with E-state index in [0.29, 0.717) is 15.5 Å². The summed E-state index contributed by atoms with van der Waals surface area (Å²) in [6, 6.07) is 11.8. The first-order chi connectivity index (χ1) is 16.3. The van der Waals surface area contributed by atoms with Crippen LogP contribution in [-0.4, -0.2) is 24.6 Å². The highest BCUT2D eigenvalue weighted by molar-refractivity contribution is 9.10. The molecule has 34 heavy (non-hydrogen) atoms. The van der Waals surface area contributed by atoms with Crippen LogP contribution in [0.25, 0.3) is 11.0 Å². The number of carbonyl (C=O) groups excluding carboxylic acids is 1. The van der Waals surface area contributed by atoms with E-state index in [0.717, 1.165) is 16.4 Å². The van der Waals surface area contributed by atoms with Crippen molar-refractivity contribution in [3.8, 4) is 0 Å². The van der Waals surface area contributed by atoms with E-state index in [-0.39, 0.29) is 22.5 Å². The zero-order valence-corrected chi connectivity index (χ0v) is 20.0. The first kappa shape index (κ1) is 23.9. The number of fused-ring (bicyclic) bond motifs is 1. The molecule has 0 spiro atoms. The van der Waals surface area contributed by atoms with Crippen LogP contribution >= 0.6 is 15.9 Å². The van der Waals surface area contributed by atoms with Crippen molar-refractivity contribution in [2.45, 2.75) is 13.0 Å². The van der Waals surface area contributed by atoms with Crippen LogP contribution in [-0.2, 0) is 11.3 Å². The summed E-state index contributed by atoms with van der Waals surface area (Å²) in [5, 5.41) is 2.66. The van der Waals surface area contributed by atoms with Crippen molar-refractivity contribution in [2.75, 3.05) is 4.31 Å². The Morgan fingerprint density at radius 1 is 1.09 bits per heavy atom. The third-order valence-electron chi connectivity index (χ3n) is 5.05. The molecule has 4 rings (SSSR count). The maximum atomic E-state index is 14.2. The van der Waals surface area contributed by atoms with Gasteiger partial charge in [-0.3, -0.25) is 19.3 Å². The molecule has 174 valence electrons. The predicted octanol–water partition coefficient (Wildman–Crippen LogP) is 5.44. The Morgan fingerprint density at radius 2 is 1.85 bits per heavy atom. The number of hydrogen-bond donors (Lipinski definition) is 2. The number of anilines is 2. The first-order valence-electron chi connectivity index (χ1n) is 9.92. The predicted molar refractivity (Wildman–Crippen MR) is 129 cm³/mol. The van der Waals surface area contributed by atoms with Gasteiger partial charge in [0, 0.05) is 28.5 Å². The summed E-state index contributed by atoms with van der Waals surface area (Å²) >= 11 is 0.749. The van der Waals surface area contributed by atoms with Gasteiger partial charge in [0.1, 0.15) is 17.2 Å². The molecule has 11 heteroatoms. The zero-order valence-electron chi connectivity index (χ0n) is 17.6. The van der Waals surface area contributed by atoms with Crippen LogP contribution in [0.4, 0.5) is 20.2 Å². The molecule has 0 fully saturated rings. The molecule has 0 radical (unpaired) electrons. The Morgan fingerprint density at radius 3 is 2.59 bits per heavy atom. The van der Waals surface area contributed by atoms with E-state index in [9.17, 15) is 22.3 Å². The molecular weight excluding hydrogens is 530 g/mol. The molecule has 2 atom stereocenters. The van der Waals surface area contributed by atoms with E-state index in [4.69, 9.17) is 0 Å². The summed E-state index contributed by atoms with van der Waals surface area (Å²) in [7, 11) is 0. The number of carbonyl (C=O) groups is 1. The molecule has 3 aromatic carbocycles. The number of amides is 1. The van der Waals surface area contributed by atoms with Gasteiger partial charge in [-0.1, -0.05) is 28.1 Å². The highest BCUT2D eigenvalue weighted by Gasteiger charge is 2.26. The van der Waals surface area contributed by atoms with Gasteiger partial charge in [0.2, 0.25) is 0 Å². The molecule has 4 aromatic rings. The third kappa shape index (κ3) is 4.81. The maximum absolute atomic E-state index is 14.2. The maximum Gasteiger partial charge on any atom is 0.266 e. The number of aromatic nitrogens is 2. The number of benzene rings is 3. The lowest BCUT2D eigenvalue weighted by Gasteiger charge is -2.24. The summed E-state index contributed by atoms with van der Waals surface area (Å²) < 4.78 is 51.8. The average molecular weight is 547 g/mol. The van der Waals surface area contributed by atoms with Crippen molar-refractivity contribution in [2.24, 2.45) is 0 Å². The van der Waals surface area contributed by atoms with Crippen LogP contribution in [0.1, 0.15) is 28.9 Å². The zero-order chi connectivity index (χ0) is 24.4. The quantitative estimate of drug-likeness (QED) is 0.314. The van der Waals surface area contributed by atoms with Crippen molar-refractivity contribution in [3.05, 3.63) is 94.2 Å². The normalized spacial score (nSPS) is 12.9. The van der Waals surface area contributed by atoms with Gasteiger partial charge in [0.25, 0.3) is 17.2 Å². The van der Waals surface area contributed by atoms with E-state index in [2.05, 4.69) is 31.2 Å². The van der Waals surface area contributed by atoms with Crippen LogP contribution in [0.3, 0.4) is 0 Å². The molecule has 0 aliphatic rings. The summed E-state index contributed by atoms with van der Waals surface area (Å²) in [5.41, 5.74) is 1.38. The summed E-state index contributed by atoms with van der Waals surface area (Å²) in [5.74, 6) is -2.15. The molecule has 1 aromatic heterocycles. The van der Waals surface area contributed by atoms with Crippen molar-refractivity contribution in [3.63, 3.8) is 0 Å². The van der Waals surface area contributed by atoms with E-state index >= 15 is 0 Å². The molecule has 0 aliphatic carbocycles. The highest BCUT2D eigenvalue weighted by Crippen LogP contribution is 2.35. The minimum absolute atomic E-state index is 0.0564. The Kier molecular flexibility index (Phi) is 6.96.